The van der Waals surface area contributed by atoms with Crippen LogP contribution in [0.25, 0.3) is 0 Å². The van der Waals surface area contributed by atoms with E-state index in [0.29, 0.717) is 24.7 Å². The van der Waals surface area contributed by atoms with Gasteiger partial charge in [-0.1, -0.05) is 31.4 Å². The lowest BCUT2D eigenvalue weighted by atomic mass is 10.2. The molecule has 1 aromatic carbocycles. The van der Waals surface area contributed by atoms with Crippen LogP contribution in [-0.4, -0.2) is 40.5 Å². The zero-order valence-corrected chi connectivity index (χ0v) is 14.5. The number of ether oxygens (including phenoxy) is 2. The quantitative estimate of drug-likeness (QED) is 0.768. The largest absolute Gasteiger partial charge is 0.484 e. The van der Waals surface area contributed by atoms with E-state index in [-0.39, 0.29) is 16.0 Å². The van der Waals surface area contributed by atoms with Gasteiger partial charge in [0, 0.05) is 18.9 Å². The number of fused-ring (bicyclic) bond motifs is 1. The van der Waals surface area contributed by atoms with Gasteiger partial charge in [-0.15, -0.1) is 0 Å². The van der Waals surface area contributed by atoms with E-state index in [1.807, 2.05) is 0 Å². The molecule has 0 aromatic heterocycles. The van der Waals surface area contributed by atoms with Crippen LogP contribution in [0.5, 0.6) is 11.5 Å². The van der Waals surface area contributed by atoms with Gasteiger partial charge in [0.15, 0.2) is 21.3 Å². The standard InChI is InChI=1S/C15H22ClNO4S/c1-3-4-5-6-17-9-11-10-20-15-13(16)7-12(22(2,18)19)8-14(15)21-11/h7-8,11,17H,3-6,9-10H2,1-2H3/t11-/m0/s1. The summed E-state index contributed by atoms with van der Waals surface area (Å²) in [6.45, 7) is 4.15. The minimum absolute atomic E-state index is 0.136. The van der Waals surface area contributed by atoms with Gasteiger partial charge >= 0.3 is 0 Å². The Balaban J connectivity index is 2.01. The molecule has 0 fully saturated rings. The van der Waals surface area contributed by atoms with Crippen LogP contribution in [0.2, 0.25) is 5.02 Å². The Hall–Kier alpha value is -0.980. The van der Waals surface area contributed by atoms with Gasteiger partial charge < -0.3 is 14.8 Å². The first-order chi connectivity index (χ1) is 10.4. The third-order valence-electron chi connectivity index (χ3n) is 3.45. The summed E-state index contributed by atoms with van der Waals surface area (Å²) in [6, 6.07) is 2.86. The van der Waals surface area contributed by atoms with Crippen molar-refractivity contribution in [3.8, 4) is 11.5 Å². The van der Waals surface area contributed by atoms with Crippen LogP contribution < -0.4 is 14.8 Å². The van der Waals surface area contributed by atoms with Crippen LogP contribution in [0, 0.1) is 0 Å². The molecule has 5 nitrogen and oxygen atoms in total. The highest BCUT2D eigenvalue weighted by Crippen LogP contribution is 2.40. The maximum absolute atomic E-state index is 11.7. The summed E-state index contributed by atoms with van der Waals surface area (Å²) >= 11 is 6.08. The molecule has 1 N–H and O–H groups in total. The Morgan fingerprint density at radius 3 is 2.82 bits per heavy atom. The average molecular weight is 348 g/mol. The first-order valence-electron chi connectivity index (χ1n) is 7.45. The van der Waals surface area contributed by atoms with E-state index in [2.05, 4.69) is 12.2 Å². The summed E-state index contributed by atoms with van der Waals surface area (Å²) in [5.74, 6) is 0.802. The first kappa shape index (κ1) is 17.4. The van der Waals surface area contributed by atoms with Gasteiger partial charge in [0.25, 0.3) is 0 Å². The molecule has 0 bridgehead atoms. The Kier molecular flexibility index (Phi) is 5.94. The highest BCUT2D eigenvalue weighted by Gasteiger charge is 2.25. The molecule has 0 spiro atoms. The fourth-order valence-corrected chi connectivity index (χ4v) is 3.22. The molecular formula is C15H22ClNO4S. The Bertz CT molecular complexity index is 618. The number of hydrogen-bond acceptors (Lipinski definition) is 5. The van der Waals surface area contributed by atoms with Gasteiger partial charge in [-0.25, -0.2) is 8.42 Å². The van der Waals surface area contributed by atoms with Gasteiger partial charge in [-0.2, -0.15) is 0 Å². The molecule has 0 saturated heterocycles. The summed E-state index contributed by atoms with van der Waals surface area (Å²) in [5.41, 5.74) is 0. The van der Waals surface area contributed by atoms with Crippen molar-refractivity contribution >= 4 is 21.4 Å². The highest BCUT2D eigenvalue weighted by molar-refractivity contribution is 7.90. The zero-order chi connectivity index (χ0) is 16.2. The van der Waals surface area contributed by atoms with Crippen molar-refractivity contribution in [3.05, 3.63) is 17.2 Å². The van der Waals surface area contributed by atoms with Crippen LogP contribution >= 0.6 is 11.6 Å². The van der Waals surface area contributed by atoms with E-state index in [4.69, 9.17) is 21.1 Å². The number of sulfone groups is 1. The van der Waals surface area contributed by atoms with Gasteiger partial charge in [-0.3, -0.25) is 0 Å². The Morgan fingerprint density at radius 1 is 1.36 bits per heavy atom. The fourth-order valence-electron chi connectivity index (χ4n) is 2.24. The van der Waals surface area contributed by atoms with Crippen molar-refractivity contribution in [3.63, 3.8) is 0 Å². The van der Waals surface area contributed by atoms with Crippen LogP contribution in [0.3, 0.4) is 0 Å². The van der Waals surface area contributed by atoms with Crippen molar-refractivity contribution in [2.24, 2.45) is 0 Å². The maximum atomic E-state index is 11.7. The molecule has 0 unspecified atom stereocenters. The molecular weight excluding hydrogens is 326 g/mol. The van der Waals surface area contributed by atoms with Crippen LogP contribution in [0.1, 0.15) is 26.2 Å². The van der Waals surface area contributed by atoms with E-state index >= 15 is 0 Å². The van der Waals surface area contributed by atoms with Gasteiger partial charge in [-0.05, 0) is 19.0 Å². The summed E-state index contributed by atoms with van der Waals surface area (Å²) in [7, 11) is -3.34. The van der Waals surface area contributed by atoms with Gasteiger partial charge in [0.2, 0.25) is 0 Å². The lowest BCUT2D eigenvalue weighted by Gasteiger charge is -2.27. The van der Waals surface area contributed by atoms with Crippen molar-refractivity contribution in [2.45, 2.75) is 37.2 Å². The average Bonchev–Trinajstić information content (AvgIpc) is 2.45. The monoisotopic (exact) mass is 347 g/mol. The molecule has 0 radical (unpaired) electrons. The van der Waals surface area contributed by atoms with E-state index in [0.717, 1.165) is 19.2 Å². The Labute approximate surface area is 136 Å². The Morgan fingerprint density at radius 2 is 2.14 bits per heavy atom. The number of rotatable bonds is 7. The first-order valence-corrected chi connectivity index (χ1v) is 9.72. The summed E-state index contributed by atoms with van der Waals surface area (Å²) in [5, 5.41) is 3.58. The van der Waals surface area contributed by atoms with Crippen molar-refractivity contribution in [1.29, 1.82) is 0 Å². The van der Waals surface area contributed by atoms with Crippen LogP contribution in [0.4, 0.5) is 0 Å². The maximum Gasteiger partial charge on any atom is 0.180 e. The lowest BCUT2D eigenvalue weighted by Crippen LogP contribution is -2.38. The third kappa shape index (κ3) is 4.51. The van der Waals surface area contributed by atoms with Crippen LogP contribution in [-0.2, 0) is 9.84 Å². The molecule has 124 valence electrons. The molecule has 1 aliphatic heterocycles. The number of benzene rings is 1. The van der Waals surface area contributed by atoms with E-state index < -0.39 is 9.84 Å². The topological polar surface area (TPSA) is 64.6 Å². The molecule has 0 amide bonds. The number of halogens is 1. The second-order valence-corrected chi connectivity index (χ2v) is 7.89. The van der Waals surface area contributed by atoms with Crippen molar-refractivity contribution in [1.82, 2.24) is 5.32 Å². The van der Waals surface area contributed by atoms with E-state index in [1.54, 1.807) is 0 Å². The van der Waals surface area contributed by atoms with Crippen molar-refractivity contribution < 1.29 is 17.9 Å². The molecule has 0 aliphatic carbocycles. The molecule has 7 heteroatoms. The smallest absolute Gasteiger partial charge is 0.180 e. The SMILES string of the molecule is CCCCCNC[C@H]1COc2c(Cl)cc(S(C)(=O)=O)cc2O1. The number of unbranched alkanes of at least 4 members (excludes halogenated alkanes) is 2. The lowest BCUT2D eigenvalue weighted by molar-refractivity contribution is 0.0902. The minimum Gasteiger partial charge on any atom is -0.484 e. The predicted molar refractivity (Wildman–Crippen MR) is 86.9 cm³/mol. The normalized spacial score (nSPS) is 17.5. The van der Waals surface area contributed by atoms with E-state index in [1.165, 1.54) is 25.0 Å². The van der Waals surface area contributed by atoms with Gasteiger partial charge in [0.1, 0.15) is 12.7 Å². The third-order valence-corrected chi connectivity index (χ3v) is 4.82. The van der Waals surface area contributed by atoms with Gasteiger partial charge in [0.05, 0.1) is 9.92 Å². The summed E-state index contributed by atoms with van der Waals surface area (Å²) in [4.78, 5) is 0.136. The molecule has 1 aliphatic rings. The van der Waals surface area contributed by atoms with Crippen LogP contribution in [0.15, 0.2) is 17.0 Å². The second-order valence-electron chi connectivity index (χ2n) is 5.47. The number of nitrogens with one attached hydrogen (secondary N) is 1. The molecule has 1 heterocycles. The molecule has 2 rings (SSSR count). The minimum atomic E-state index is -3.34. The van der Waals surface area contributed by atoms with E-state index in [9.17, 15) is 8.42 Å². The molecule has 1 aromatic rings. The highest BCUT2D eigenvalue weighted by atomic mass is 35.5. The zero-order valence-electron chi connectivity index (χ0n) is 12.9. The van der Waals surface area contributed by atoms with Crippen molar-refractivity contribution in [2.75, 3.05) is 26.0 Å². The molecule has 22 heavy (non-hydrogen) atoms. The fraction of sp³-hybridized carbons (Fsp3) is 0.600. The summed E-state index contributed by atoms with van der Waals surface area (Å²) < 4.78 is 34.8. The second kappa shape index (κ2) is 7.53. The summed E-state index contributed by atoms with van der Waals surface area (Å²) in [6.07, 6.45) is 4.50. The number of hydrogen-bond donors (Lipinski definition) is 1. The molecule has 1 atom stereocenters. The predicted octanol–water partition coefficient (Wildman–Crippen LogP) is 2.66. The molecule has 0 saturated carbocycles.